The predicted octanol–water partition coefficient (Wildman–Crippen LogP) is 6.72. The number of alkyl halides is 1. The predicted molar refractivity (Wildman–Crippen MR) is 149 cm³/mol. The van der Waals surface area contributed by atoms with Crippen molar-refractivity contribution in [2.45, 2.75) is 6.10 Å². The topological polar surface area (TPSA) is 101 Å². The molecule has 2 N–H and O–H groups in total. The molecule has 1 unspecified atom stereocenters. The Balaban J connectivity index is 0.000000286. The zero-order valence-electron chi connectivity index (χ0n) is 19.1. The average Bonchev–Trinajstić information content (AvgIpc) is 2.87. The molecule has 0 amide bonds. The summed E-state index contributed by atoms with van der Waals surface area (Å²) in [5, 5.41) is 17.8. The summed E-state index contributed by atoms with van der Waals surface area (Å²) in [4.78, 5) is 32.0. The lowest BCUT2D eigenvalue weighted by atomic mass is 10.1. The van der Waals surface area contributed by atoms with E-state index in [2.05, 4.69) is 68.5 Å². The van der Waals surface area contributed by atoms with Gasteiger partial charge in [0.25, 0.3) is 6.47 Å². The number of halogens is 7. The van der Waals surface area contributed by atoms with Crippen molar-refractivity contribution in [1.29, 1.82) is 0 Å². The summed E-state index contributed by atoms with van der Waals surface area (Å²) in [7, 11) is 0. The molecule has 0 aliphatic carbocycles. The Labute approximate surface area is 249 Å². The minimum absolute atomic E-state index is 0.0879. The second kappa shape index (κ2) is 17.6. The summed E-state index contributed by atoms with van der Waals surface area (Å²) < 4.78 is 45.1. The molecule has 0 fully saturated rings. The highest BCUT2D eigenvalue weighted by Gasteiger charge is 2.13. The number of hydrogen-bond acceptors (Lipinski definition) is 6. The van der Waals surface area contributed by atoms with Gasteiger partial charge < -0.3 is 14.9 Å². The lowest BCUT2D eigenvalue weighted by molar-refractivity contribution is -0.127. The van der Waals surface area contributed by atoms with E-state index in [9.17, 15) is 27.6 Å². The van der Waals surface area contributed by atoms with Gasteiger partial charge >= 0.3 is 0 Å². The van der Waals surface area contributed by atoms with Crippen molar-refractivity contribution in [3.8, 4) is 0 Å². The second-order valence-electron chi connectivity index (χ2n) is 7.00. The molecule has 3 aromatic rings. The molecule has 1 atom stereocenters. The van der Waals surface area contributed by atoms with E-state index in [0.29, 0.717) is 13.4 Å². The third-order valence-corrected chi connectivity index (χ3v) is 6.35. The molecule has 0 aliphatic heterocycles. The number of aliphatic hydroxyl groups excluding tert-OH is 2. The minimum atomic E-state index is -1.14. The first-order valence-electron chi connectivity index (χ1n) is 10.3. The number of ketones is 2. The van der Waals surface area contributed by atoms with Gasteiger partial charge in [-0.15, -0.1) is 0 Å². The number of rotatable bonds is 8. The maximum absolute atomic E-state index is 13.1. The molecule has 0 spiro atoms. The number of aliphatic hydroxyl groups is 2. The molecule has 0 saturated heterocycles. The van der Waals surface area contributed by atoms with Crippen molar-refractivity contribution < 1.29 is 42.5 Å². The number of carbonyl (C=O) groups excluding carboxylic acids is 3. The average molecular weight is 792 g/mol. The first-order valence-corrected chi connectivity index (χ1v) is 13.8. The smallest absolute Gasteiger partial charge is 0.293 e. The van der Waals surface area contributed by atoms with Crippen LogP contribution in [0.25, 0.3) is 0 Å². The fraction of sp³-hybridized carbons (Fsp3) is 0.160. The summed E-state index contributed by atoms with van der Waals surface area (Å²) in [6.07, 6.45) is -1.14. The Morgan fingerprint density at radius 1 is 0.816 bits per heavy atom. The van der Waals surface area contributed by atoms with Gasteiger partial charge in [0.05, 0.1) is 23.1 Å². The molecule has 13 heteroatoms. The molecule has 38 heavy (non-hydrogen) atoms. The van der Waals surface area contributed by atoms with Crippen molar-refractivity contribution in [3.63, 3.8) is 0 Å². The van der Waals surface area contributed by atoms with E-state index in [1.54, 1.807) is 12.1 Å². The SMILES string of the molecule is O=C(CBr)c1ccc(Br)cc1F.O=COCC(=O)c1ccc(Br)cc1F.OCC(O)c1ccc(Br)cc1F. The fourth-order valence-electron chi connectivity index (χ4n) is 2.56. The van der Waals surface area contributed by atoms with Gasteiger partial charge in [0.15, 0.2) is 12.4 Å². The van der Waals surface area contributed by atoms with Crippen molar-refractivity contribution in [1.82, 2.24) is 0 Å². The van der Waals surface area contributed by atoms with Crippen molar-refractivity contribution in [2.24, 2.45) is 0 Å². The van der Waals surface area contributed by atoms with Gasteiger partial charge in [0, 0.05) is 19.0 Å². The van der Waals surface area contributed by atoms with E-state index in [1.165, 1.54) is 42.5 Å². The zero-order valence-corrected chi connectivity index (χ0v) is 25.5. The van der Waals surface area contributed by atoms with E-state index < -0.39 is 42.6 Å². The van der Waals surface area contributed by atoms with Crippen LogP contribution in [0, 0.1) is 17.5 Å². The zero-order chi connectivity index (χ0) is 28.8. The Bertz CT molecular complexity index is 1260. The van der Waals surface area contributed by atoms with Gasteiger partial charge in [-0.2, -0.15) is 0 Å². The molecule has 0 radical (unpaired) electrons. The number of Topliss-reactive ketones (excluding diaryl/α,β-unsaturated/α-hetero) is 2. The number of carbonyl (C=O) groups is 3. The standard InChI is InChI=1S/C9H6BrFO3.C8H5Br2FO.C8H8BrFO2/c10-6-1-2-7(8(11)3-6)9(13)4-14-5-12;9-4-8(12)6-2-1-5(10)3-7(6)11;9-5-1-2-6(7(10)3-5)8(12)4-11/h1-3,5H,4H2;1-3H,4H2;1-3,8,11-12H,4H2. The summed E-state index contributed by atoms with van der Waals surface area (Å²) in [5.74, 6) is -2.47. The van der Waals surface area contributed by atoms with Crippen LogP contribution < -0.4 is 0 Å². The third-order valence-electron chi connectivity index (χ3n) is 4.36. The molecular weight excluding hydrogens is 773 g/mol. The molecule has 204 valence electrons. The van der Waals surface area contributed by atoms with Crippen LogP contribution in [0.5, 0.6) is 0 Å². The molecule has 0 bridgehead atoms. The highest BCUT2D eigenvalue weighted by molar-refractivity contribution is 9.11. The van der Waals surface area contributed by atoms with Crippen LogP contribution in [-0.4, -0.2) is 46.8 Å². The van der Waals surface area contributed by atoms with Gasteiger partial charge in [-0.25, -0.2) is 13.2 Å². The van der Waals surface area contributed by atoms with Crippen molar-refractivity contribution in [3.05, 3.63) is 102 Å². The van der Waals surface area contributed by atoms with Gasteiger partial charge in [0.1, 0.15) is 23.6 Å². The molecule has 0 aliphatic rings. The summed E-state index contributed by atoms with van der Waals surface area (Å²) in [6, 6.07) is 12.7. The van der Waals surface area contributed by atoms with Gasteiger partial charge in [0.2, 0.25) is 5.78 Å². The summed E-state index contributed by atoms with van der Waals surface area (Å²) >= 11 is 12.2. The molecule has 6 nitrogen and oxygen atoms in total. The number of hydrogen-bond donors (Lipinski definition) is 2. The molecule has 0 heterocycles. The van der Waals surface area contributed by atoms with E-state index in [0.717, 1.165) is 0 Å². The van der Waals surface area contributed by atoms with Crippen LogP contribution in [0.1, 0.15) is 32.4 Å². The largest absolute Gasteiger partial charge is 0.459 e. The number of ether oxygens (including phenoxy) is 1. The molecule has 3 rings (SSSR count). The lowest BCUT2D eigenvalue weighted by Crippen LogP contribution is -2.10. The maximum Gasteiger partial charge on any atom is 0.293 e. The Kier molecular flexibility index (Phi) is 15.8. The quantitative estimate of drug-likeness (QED) is 0.149. The van der Waals surface area contributed by atoms with Crippen LogP contribution in [0.15, 0.2) is 68.0 Å². The number of benzene rings is 3. The normalized spacial score (nSPS) is 10.8. The van der Waals surface area contributed by atoms with E-state index >= 15 is 0 Å². The second-order valence-corrected chi connectivity index (χ2v) is 10.3. The molecule has 0 aromatic heterocycles. The van der Waals surface area contributed by atoms with E-state index in [-0.39, 0.29) is 34.3 Å². The van der Waals surface area contributed by atoms with Crippen LogP contribution in [0.2, 0.25) is 0 Å². The fourth-order valence-corrected chi connectivity index (χ4v) is 3.86. The Hall–Kier alpha value is -1.90. The lowest BCUT2D eigenvalue weighted by Gasteiger charge is -2.08. The maximum atomic E-state index is 13.1. The first-order chi connectivity index (χ1) is 17.9. The van der Waals surface area contributed by atoms with Crippen molar-refractivity contribution >= 4 is 81.8 Å². The molecule has 3 aromatic carbocycles. The summed E-state index contributed by atoms with van der Waals surface area (Å²) in [5.41, 5.74) is 0.144. The highest BCUT2D eigenvalue weighted by atomic mass is 79.9. The minimum Gasteiger partial charge on any atom is -0.459 e. The van der Waals surface area contributed by atoms with E-state index in [4.69, 9.17) is 10.2 Å². The van der Waals surface area contributed by atoms with Gasteiger partial charge in [-0.1, -0.05) is 69.8 Å². The molecule has 0 saturated carbocycles. The van der Waals surface area contributed by atoms with Gasteiger partial charge in [-0.3, -0.25) is 14.4 Å². The Morgan fingerprint density at radius 3 is 1.66 bits per heavy atom. The van der Waals surface area contributed by atoms with Crippen molar-refractivity contribution in [2.75, 3.05) is 18.5 Å². The van der Waals surface area contributed by atoms with Crippen LogP contribution in [0.3, 0.4) is 0 Å². The third kappa shape index (κ3) is 11.5. The summed E-state index contributed by atoms with van der Waals surface area (Å²) in [6.45, 7) is -0.769. The van der Waals surface area contributed by atoms with Crippen LogP contribution >= 0.6 is 63.7 Å². The van der Waals surface area contributed by atoms with E-state index in [1.807, 2.05) is 0 Å². The molecular formula is C25H19Br4F3O6. The van der Waals surface area contributed by atoms with Gasteiger partial charge in [-0.05, 0) is 48.5 Å². The van der Waals surface area contributed by atoms with Crippen LogP contribution in [-0.2, 0) is 9.53 Å². The first kappa shape index (κ1) is 34.1. The highest BCUT2D eigenvalue weighted by Crippen LogP contribution is 2.20. The van der Waals surface area contributed by atoms with Crippen LogP contribution in [0.4, 0.5) is 13.2 Å². The monoisotopic (exact) mass is 788 g/mol. The Morgan fingerprint density at radius 2 is 1.26 bits per heavy atom.